The van der Waals surface area contributed by atoms with Crippen molar-refractivity contribution in [3.63, 3.8) is 0 Å². The molecule has 3 N–H and O–H groups in total. The van der Waals surface area contributed by atoms with Crippen molar-refractivity contribution < 1.29 is 13.2 Å². The van der Waals surface area contributed by atoms with Gasteiger partial charge in [0.05, 0.1) is 11.5 Å². The van der Waals surface area contributed by atoms with E-state index in [1.165, 1.54) is 0 Å². The first-order valence-electron chi connectivity index (χ1n) is 6.86. The van der Waals surface area contributed by atoms with E-state index in [9.17, 15) is 8.42 Å². The Hall–Kier alpha value is -1.11. The van der Waals surface area contributed by atoms with Crippen molar-refractivity contribution in [2.45, 2.75) is 38.6 Å². The van der Waals surface area contributed by atoms with E-state index in [1.54, 1.807) is 18.2 Å². The molecular formula is C14H24N2O3S. The standard InChI is InChI=1S/C14H24N2O3S/c1-4-19-14-6-5-13(9-12(14)10-15)20(17,18)16-8-7-11(2)3/h5-6,9,11,16H,4,7-8,10,15H2,1-3H3. The van der Waals surface area contributed by atoms with Crippen molar-refractivity contribution in [2.75, 3.05) is 13.2 Å². The number of ether oxygens (including phenoxy) is 1. The normalized spacial score (nSPS) is 11.8. The molecule has 0 aliphatic rings. The fraction of sp³-hybridized carbons (Fsp3) is 0.571. The maximum atomic E-state index is 12.2. The molecule has 0 aliphatic heterocycles. The minimum Gasteiger partial charge on any atom is -0.494 e. The second kappa shape index (κ2) is 7.61. The molecule has 20 heavy (non-hydrogen) atoms. The van der Waals surface area contributed by atoms with E-state index in [0.717, 1.165) is 6.42 Å². The summed E-state index contributed by atoms with van der Waals surface area (Å²) in [4.78, 5) is 0.227. The van der Waals surface area contributed by atoms with Gasteiger partial charge in [0, 0.05) is 18.7 Å². The first kappa shape index (κ1) is 16.9. The van der Waals surface area contributed by atoms with Gasteiger partial charge in [0.2, 0.25) is 10.0 Å². The summed E-state index contributed by atoms with van der Waals surface area (Å²) in [6, 6.07) is 4.77. The molecular weight excluding hydrogens is 276 g/mol. The summed E-state index contributed by atoms with van der Waals surface area (Å²) in [5, 5.41) is 0. The SMILES string of the molecule is CCOc1ccc(S(=O)(=O)NCCC(C)C)cc1CN. The Labute approximate surface area is 121 Å². The molecule has 0 saturated carbocycles. The highest BCUT2D eigenvalue weighted by Gasteiger charge is 2.15. The van der Waals surface area contributed by atoms with Crippen LogP contribution in [0.2, 0.25) is 0 Å². The first-order chi connectivity index (χ1) is 9.40. The minimum absolute atomic E-state index is 0.227. The van der Waals surface area contributed by atoms with Crippen LogP contribution < -0.4 is 15.2 Å². The zero-order valence-electron chi connectivity index (χ0n) is 12.3. The van der Waals surface area contributed by atoms with Gasteiger partial charge >= 0.3 is 0 Å². The van der Waals surface area contributed by atoms with Crippen LogP contribution in [0.1, 0.15) is 32.8 Å². The summed E-state index contributed by atoms with van der Waals surface area (Å²) in [5.41, 5.74) is 6.33. The molecule has 0 atom stereocenters. The van der Waals surface area contributed by atoms with Gasteiger partial charge in [0.25, 0.3) is 0 Å². The molecule has 1 rings (SSSR count). The Morgan fingerprint density at radius 2 is 2.05 bits per heavy atom. The molecule has 0 amide bonds. The quantitative estimate of drug-likeness (QED) is 0.768. The molecule has 114 valence electrons. The highest BCUT2D eigenvalue weighted by Crippen LogP contribution is 2.22. The summed E-state index contributed by atoms with van der Waals surface area (Å²) in [6.07, 6.45) is 0.806. The molecule has 0 radical (unpaired) electrons. The topological polar surface area (TPSA) is 81.4 Å². The summed E-state index contributed by atoms with van der Waals surface area (Å²) < 4.78 is 32.3. The Bertz CT molecular complexity index is 527. The van der Waals surface area contributed by atoms with Crippen LogP contribution in [0.3, 0.4) is 0 Å². The Balaban J connectivity index is 2.89. The molecule has 5 nitrogen and oxygen atoms in total. The van der Waals surface area contributed by atoms with Crippen LogP contribution in [0.4, 0.5) is 0 Å². The van der Waals surface area contributed by atoms with Gasteiger partial charge in [-0.2, -0.15) is 0 Å². The fourth-order valence-electron chi connectivity index (χ4n) is 1.74. The van der Waals surface area contributed by atoms with Crippen molar-refractivity contribution in [3.05, 3.63) is 23.8 Å². The zero-order valence-corrected chi connectivity index (χ0v) is 13.2. The highest BCUT2D eigenvalue weighted by molar-refractivity contribution is 7.89. The van der Waals surface area contributed by atoms with E-state index in [2.05, 4.69) is 18.6 Å². The van der Waals surface area contributed by atoms with Gasteiger partial charge in [-0.1, -0.05) is 13.8 Å². The number of nitrogens with two attached hydrogens (primary N) is 1. The minimum atomic E-state index is -3.48. The van der Waals surface area contributed by atoms with Crippen LogP contribution in [0.5, 0.6) is 5.75 Å². The van der Waals surface area contributed by atoms with Crippen molar-refractivity contribution in [2.24, 2.45) is 11.7 Å². The van der Waals surface area contributed by atoms with E-state index in [4.69, 9.17) is 10.5 Å². The molecule has 1 aromatic carbocycles. The van der Waals surface area contributed by atoms with Gasteiger partial charge in [0.1, 0.15) is 5.75 Å². The maximum Gasteiger partial charge on any atom is 0.240 e. The predicted molar refractivity (Wildman–Crippen MR) is 80.1 cm³/mol. The number of sulfonamides is 1. The molecule has 6 heteroatoms. The van der Waals surface area contributed by atoms with Gasteiger partial charge in [-0.05, 0) is 37.5 Å². The highest BCUT2D eigenvalue weighted by atomic mass is 32.2. The fourth-order valence-corrected chi connectivity index (χ4v) is 2.84. The summed E-state index contributed by atoms with van der Waals surface area (Å²) in [6.45, 7) is 7.18. The zero-order chi connectivity index (χ0) is 15.2. The van der Waals surface area contributed by atoms with Crippen LogP contribution >= 0.6 is 0 Å². The van der Waals surface area contributed by atoms with Crippen LogP contribution in [0, 0.1) is 5.92 Å². The Morgan fingerprint density at radius 3 is 2.60 bits per heavy atom. The molecule has 0 saturated heterocycles. The molecule has 0 spiro atoms. The number of rotatable bonds is 8. The van der Waals surface area contributed by atoms with Crippen molar-refractivity contribution in [1.82, 2.24) is 4.72 Å². The van der Waals surface area contributed by atoms with Crippen molar-refractivity contribution in [1.29, 1.82) is 0 Å². The van der Waals surface area contributed by atoms with Crippen LogP contribution in [-0.4, -0.2) is 21.6 Å². The third kappa shape index (κ3) is 4.77. The first-order valence-corrected chi connectivity index (χ1v) is 8.34. The lowest BCUT2D eigenvalue weighted by Gasteiger charge is -2.12. The van der Waals surface area contributed by atoms with Crippen molar-refractivity contribution in [3.8, 4) is 5.75 Å². The van der Waals surface area contributed by atoms with Crippen LogP contribution in [0.15, 0.2) is 23.1 Å². The van der Waals surface area contributed by atoms with E-state index in [1.807, 2.05) is 6.92 Å². The monoisotopic (exact) mass is 300 g/mol. The molecule has 0 unspecified atom stereocenters. The lowest BCUT2D eigenvalue weighted by atomic mass is 10.1. The van der Waals surface area contributed by atoms with E-state index in [-0.39, 0.29) is 11.4 Å². The predicted octanol–water partition coefficient (Wildman–Crippen LogP) is 1.87. The summed E-state index contributed by atoms with van der Waals surface area (Å²) >= 11 is 0. The number of hydrogen-bond acceptors (Lipinski definition) is 4. The molecule has 0 fully saturated rings. The molecule has 0 heterocycles. The third-order valence-electron chi connectivity index (χ3n) is 2.88. The van der Waals surface area contributed by atoms with Gasteiger partial charge in [0.15, 0.2) is 0 Å². The van der Waals surface area contributed by atoms with Gasteiger partial charge in [-0.3, -0.25) is 0 Å². The van der Waals surface area contributed by atoms with Crippen LogP contribution in [0.25, 0.3) is 0 Å². The number of benzene rings is 1. The third-order valence-corrected chi connectivity index (χ3v) is 4.33. The second-order valence-corrected chi connectivity index (χ2v) is 6.75. The number of nitrogens with one attached hydrogen (secondary N) is 1. The van der Waals surface area contributed by atoms with Crippen LogP contribution in [-0.2, 0) is 16.6 Å². The number of hydrogen-bond donors (Lipinski definition) is 2. The van der Waals surface area contributed by atoms with Crippen molar-refractivity contribution >= 4 is 10.0 Å². The summed E-state index contributed by atoms with van der Waals surface area (Å²) in [5.74, 6) is 1.09. The van der Waals surface area contributed by atoms with E-state index in [0.29, 0.717) is 30.4 Å². The lowest BCUT2D eigenvalue weighted by Crippen LogP contribution is -2.25. The smallest absolute Gasteiger partial charge is 0.240 e. The Kier molecular flexibility index (Phi) is 6.45. The van der Waals surface area contributed by atoms with E-state index >= 15 is 0 Å². The van der Waals surface area contributed by atoms with Gasteiger partial charge < -0.3 is 10.5 Å². The average molecular weight is 300 g/mol. The largest absolute Gasteiger partial charge is 0.494 e. The summed E-state index contributed by atoms with van der Waals surface area (Å²) in [7, 11) is -3.48. The average Bonchev–Trinajstić information content (AvgIpc) is 2.38. The Morgan fingerprint density at radius 1 is 1.35 bits per heavy atom. The molecule has 0 bridgehead atoms. The van der Waals surface area contributed by atoms with Gasteiger partial charge in [-0.15, -0.1) is 0 Å². The van der Waals surface area contributed by atoms with E-state index < -0.39 is 10.0 Å². The molecule has 0 aliphatic carbocycles. The second-order valence-electron chi connectivity index (χ2n) is 4.99. The molecule has 1 aromatic rings. The van der Waals surface area contributed by atoms with Gasteiger partial charge in [-0.25, -0.2) is 13.1 Å². The molecule has 0 aromatic heterocycles. The maximum absolute atomic E-state index is 12.2. The lowest BCUT2D eigenvalue weighted by molar-refractivity contribution is 0.336.